The summed E-state index contributed by atoms with van der Waals surface area (Å²) in [6.45, 7) is 4.32. The molecule has 2 aromatic carbocycles. The van der Waals surface area contributed by atoms with Crippen LogP contribution in [0.25, 0.3) is 16.6 Å². The molecule has 21 heavy (non-hydrogen) atoms. The van der Waals surface area contributed by atoms with E-state index < -0.39 is 5.91 Å². The first-order valence-electron chi connectivity index (χ1n) is 6.94. The number of nitrogens with two attached hydrogens (primary N) is 1. The Kier molecular flexibility index (Phi) is 3.22. The second-order valence-electron chi connectivity index (χ2n) is 5.44. The number of primary amides is 1. The van der Waals surface area contributed by atoms with Crippen molar-refractivity contribution < 1.29 is 4.79 Å². The average molecular weight is 279 g/mol. The van der Waals surface area contributed by atoms with Crippen molar-refractivity contribution in [2.45, 2.75) is 19.8 Å². The van der Waals surface area contributed by atoms with Gasteiger partial charge in [-0.05, 0) is 35.7 Å². The van der Waals surface area contributed by atoms with Crippen molar-refractivity contribution >= 4 is 16.8 Å². The first-order chi connectivity index (χ1) is 10.1. The molecule has 0 aliphatic rings. The van der Waals surface area contributed by atoms with Gasteiger partial charge in [0, 0.05) is 10.9 Å². The topological polar surface area (TPSA) is 60.9 Å². The maximum absolute atomic E-state index is 11.3. The van der Waals surface area contributed by atoms with Crippen LogP contribution in [-0.4, -0.2) is 15.7 Å². The Morgan fingerprint density at radius 3 is 2.71 bits per heavy atom. The van der Waals surface area contributed by atoms with Crippen LogP contribution in [0.5, 0.6) is 0 Å². The van der Waals surface area contributed by atoms with Crippen molar-refractivity contribution in [1.29, 1.82) is 0 Å². The predicted octanol–water partition coefficient (Wildman–Crippen LogP) is 3.25. The van der Waals surface area contributed by atoms with Crippen LogP contribution in [0, 0.1) is 0 Å². The third kappa shape index (κ3) is 2.40. The molecule has 3 rings (SSSR count). The molecule has 0 bridgehead atoms. The quantitative estimate of drug-likeness (QED) is 0.800. The molecule has 1 aromatic heterocycles. The number of hydrogen-bond acceptors (Lipinski definition) is 2. The van der Waals surface area contributed by atoms with Gasteiger partial charge < -0.3 is 5.73 Å². The molecule has 0 saturated carbocycles. The minimum Gasteiger partial charge on any atom is -0.366 e. The van der Waals surface area contributed by atoms with Gasteiger partial charge in [0.2, 0.25) is 5.91 Å². The number of aromatic nitrogens is 2. The van der Waals surface area contributed by atoms with Crippen molar-refractivity contribution in [3.63, 3.8) is 0 Å². The Morgan fingerprint density at radius 1 is 1.19 bits per heavy atom. The summed E-state index contributed by atoms with van der Waals surface area (Å²) in [7, 11) is 0. The van der Waals surface area contributed by atoms with E-state index in [9.17, 15) is 4.79 Å². The summed E-state index contributed by atoms with van der Waals surface area (Å²) < 4.78 is 1.84. The van der Waals surface area contributed by atoms with Gasteiger partial charge in [0.05, 0.1) is 17.4 Å². The number of benzene rings is 2. The third-order valence-electron chi connectivity index (χ3n) is 3.64. The van der Waals surface area contributed by atoms with Gasteiger partial charge in [-0.25, -0.2) is 4.68 Å². The van der Waals surface area contributed by atoms with Crippen molar-refractivity contribution in [2.75, 3.05) is 0 Å². The molecule has 0 atom stereocenters. The summed E-state index contributed by atoms with van der Waals surface area (Å²) in [5.41, 5.74) is 8.95. The van der Waals surface area contributed by atoms with Crippen molar-refractivity contribution in [2.24, 2.45) is 5.73 Å². The van der Waals surface area contributed by atoms with E-state index in [2.05, 4.69) is 37.1 Å². The normalized spacial score (nSPS) is 11.2. The minimum atomic E-state index is -0.434. The second kappa shape index (κ2) is 5.05. The summed E-state index contributed by atoms with van der Waals surface area (Å²) in [4.78, 5) is 11.3. The van der Waals surface area contributed by atoms with Gasteiger partial charge in [-0.1, -0.05) is 32.0 Å². The second-order valence-corrected chi connectivity index (χ2v) is 5.44. The van der Waals surface area contributed by atoms with Gasteiger partial charge in [-0.3, -0.25) is 4.79 Å². The maximum Gasteiger partial charge on any atom is 0.248 e. The van der Waals surface area contributed by atoms with E-state index >= 15 is 0 Å². The van der Waals surface area contributed by atoms with E-state index in [-0.39, 0.29) is 0 Å². The molecule has 0 radical (unpaired) electrons. The van der Waals surface area contributed by atoms with Gasteiger partial charge in [-0.2, -0.15) is 5.10 Å². The Hall–Kier alpha value is -2.62. The van der Waals surface area contributed by atoms with Crippen LogP contribution >= 0.6 is 0 Å². The van der Waals surface area contributed by atoms with Gasteiger partial charge >= 0.3 is 0 Å². The highest BCUT2D eigenvalue weighted by molar-refractivity contribution is 5.93. The summed E-state index contributed by atoms with van der Waals surface area (Å²) in [6, 6.07) is 13.5. The first kappa shape index (κ1) is 13.4. The lowest BCUT2D eigenvalue weighted by molar-refractivity contribution is 0.100. The lowest BCUT2D eigenvalue weighted by Gasteiger charge is -2.08. The maximum atomic E-state index is 11.3. The standard InChI is InChI=1S/C17H17N3O/c1-11(2)12-6-7-14-10-19-20(16(14)9-12)15-5-3-4-13(8-15)17(18)21/h3-11H,1-2H3,(H2,18,21). The van der Waals surface area contributed by atoms with Crippen LogP contribution in [0.15, 0.2) is 48.7 Å². The van der Waals surface area contributed by atoms with Crippen LogP contribution in [0.1, 0.15) is 35.7 Å². The van der Waals surface area contributed by atoms with Crippen LogP contribution in [-0.2, 0) is 0 Å². The number of amides is 1. The predicted molar refractivity (Wildman–Crippen MR) is 83.7 cm³/mol. The molecule has 0 aliphatic carbocycles. The monoisotopic (exact) mass is 279 g/mol. The number of rotatable bonds is 3. The number of nitrogens with zero attached hydrogens (tertiary/aromatic N) is 2. The fourth-order valence-corrected chi connectivity index (χ4v) is 2.39. The molecule has 4 nitrogen and oxygen atoms in total. The van der Waals surface area contributed by atoms with Crippen molar-refractivity contribution in [3.05, 3.63) is 59.8 Å². The van der Waals surface area contributed by atoms with Gasteiger partial charge in [0.25, 0.3) is 0 Å². The number of fused-ring (bicyclic) bond motifs is 1. The Labute approximate surface area is 123 Å². The van der Waals surface area contributed by atoms with E-state index in [1.165, 1.54) is 5.56 Å². The van der Waals surface area contributed by atoms with Crippen LogP contribution in [0.4, 0.5) is 0 Å². The molecule has 106 valence electrons. The molecule has 1 amide bonds. The fraction of sp³-hybridized carbons (Fsp3) is 0.176. The summed E-state index contributed by atoms with van der Waals surface area (Å²) in [5.74, 6) is 0.0193. The van der Waals surface area contributed by atoms with Crippen molar-refractivity contribution in [3.8, 4) is 5.69 Å². The highest BCUT2D eigenvalue weighted by Gasteiger charge is 2.09. The smallest absolute Gasteiger partial charge is 0.248 e. The van der Waals surface area contributed by atoms with Crippen molar-refractivity contribution in [1.82, 2.24) is 9.78 Å². The zero-order chi connectivity index (χ0) is 15.0. The molecule has 0 fully saturated rings. The molecular weight excluding hydrogens is 262 g/mol. The molecule has 0 aliphatic heterocycles. The SMILES string of the molecule is CC(C)c1ccc2cnn(-c3cccc(C(N)=O)c3)c2c1. The number of carbonyl (C=O) groups excluding carboxylic acids is 1. The van der Waals surface area contributed by atoms with E-state index in [0.29, 0.717) is 11.5 Å². The Balaban J connectivity index is 2.18. The Bertz CT molecular complexity index is 818. The highest BCUT2D eigenvalue weighted by atomic mass is 16.1. The highest BCUT2D eigenvalue weighted by Crippen LogP contribution is 2.23. The molecule has 0 unspecified atom stereocenters. The van der Waals surface area contributed by atoms with Crippen LogP contribution in [0.2, 0.25) is 0 Å². The zero-order valence-corrected chi connectivity index (χ0v) is 12.1. The average Bonchev–Trinajstić information content (AvgIpc) is 2.90. The largest absolute Gasteiger partial charge is 0.366 e. The number of hydrogen-bond donors (Lipinski definition) is 1. The fourth-order valence-electron chi connectivity index (χ4n) is 2.39. The molecule has 1 heterocycles. The van der Waals surface area contributed by atoms with Crippen LogP contribution < -0.4 is 5.73 Å². The van der Waals surface area contributed by atoms with Gasteiger partial charge in [-0.15, -0.1) is 0 Å². The molecular formula is C17H17N3O. The summed E-state index contributed by atoms with van der Waals surface area (Å²) in [5, 5.41) is 5.50. The number of carbonyl (C=O) groups is 1. The van der Waals surface area contributed by atoms with E-state index in [0.717, 1.165) is 16.6 Å². The van der Waals surface area contributed by atoms with E-state index in [1.807, 2.05) is 23.0 Å². The first-order valence-corrected chi connectivity index (χ1v) is 6.94. The molecule has 0 spiro atoms. The van der Waals surface area contributed by atoms with E-state index in [1.54, 1.807) is 12.1 Å². The van der Waals surface area contributed by atoms with Gasteiger partial charge in [0.1, 0.15) is 0 Å². The van der Waals surface area contributed by atoms with Gasteiger partial charge in [0.15, 0.2) is 0 Å². The summed E-state index contributed by atoms with van der Waals surface area (Å²) in [6.07, 6.45) is 1.83. The molecule has 4 heteroatoms. The minimum absolute atomic E-state index is 0.434. The Morgan fingerprint density at radius 2 is 2.00 bits per heavy atom. The lowest BCUT2D eigenvalue weighted by atomic mass is 10.0. The molecule has 2 N–H and O–H groups in total. The van der Waals surface area contributed by atoms with E-state index in [4.69, 9.17) is 5.73 Å². The molecule has 0 saturated heterocycles. The van der Waals surface area contributed by atoms with Crippen LogP contribution in [0.3, 0.4) is 0 Å². The third-order valence-corrected chi connectivity index (χ3v) is 3.64. The summed E-state index contributed by atoms with van der Waals surface area (Å²) >= 11 is 0. The lowest BCUT2D eigenvalue weighted by Crippen LogP contribution is -2.11. The molecule has 3 aromatic rings. The zero-order valence-electron chi connectivity index (χ0n) is 12.1.